The van der Waals surface area contributed by atoms with Crippen molar-refractivity contribution < 1.29 is 28.8 Å². The minimum Gasteiger partial charge on any atom is -0.496 e. The monoisotopic (exact) mass is 672 g/mol. The lowest BCUT2D eigenvalue weighted by molar-refractivity contribution is -0.0457. The Labute approximate surface area is 288 Å². The predicted molar refractivity (Wildman–Crippen MR) is 190 cm³/mol. The Balaban J connectivity index is 1.26. The molecular formula is C39H48N2O6S. The van der Waals surface area contributed by atoms with Gasteiger partial charge in [-0.1, -0.05) is 12.1 Å². The number of ether oxygens (including phenoxy) is 5. The highest BCUT2D eigenvalue weighted by Gasteiger charge is 2.27. The second-order valence-corrected chi connectivity index (χ2v) is 14.4. The second-order valence-electron chi connectivity index (χ2n) is 13.3. The van der Waals surface area contributed by atoms with Gasteiger partial charge in [-0.25, -0.2) is 0 Å². The molecule has 3 aliphatic rings. The van der Waals surface area contributed by atoms with Crippen LogP contribution in [0.2, 0.25) is 0 Å². The van der Waals surface area contributed by atoms with Gasteiger partial charge in [0.1, 0.15) is 30.0 Å². The number of benzene rings is 3. The average Bonchev–Trinajstić information content (AvgIpc) is 3.93. The molecular weight excluding hydrogens is 625 g/mol. The van der Waals surface area contributed by atoms with Gasteiger partial charge in [0.05, 0.1) is 32.0 Å². The maximum Gasteiger partial charge on any atom is 0.187 e. The van der Waals surface area contributed by atoms with E-state index < -0.39 is 12.4 Å². The third-order valence-electron chi connectivity index (χ3n) is 9.58. The van der Waals surface area contributed by atoms with Crippen molar-refractivity contribution in [1.82, 2.24) is 9.80 Å². The minimum atomic E-state index is -0.876. The van der Waals surface area contributed by atoms with Crippen molar-refractivity contribution in [3.63, 3.8) is 0 Å². The Morgan fingerprint density at radius 1 is 0.875 bits per heavy atom. The first kappa shape index (κ1) is 33.3. The van der Waals surface area contributed by atoms with Crippen LogP contribution in [-0.4, -0.2) is 80.7 Å². The van der Waals surface area contributed by atoms with Crippen molar-refractivity contribution in [3.05, 3.63) is 76.9 Å². The van der Waals surface area contributed by atoms with Crippen molar-refractivity contribution in [2.45, 2.75) is 64.6 Å². The topological polar surface area (TPSA) is 72.9 Å². The molecule has 0 spiro atoms. The number of nitrogens with zero attached hydrogens (tertiary/aromatic N) is 2. The lowest BCUT2D eigenvalue weighted by atomic mass is 9.94. The van der Waals surface area contributed by atoms with Gasteiger partial charge in [-0.15, -0.1) is 11.3 Å². The fourth-order valence-corrected chi connectivity index (χ4v) is 8.43. The van der Waals surface area contributed by atoms with Crippen molar-refractivity contribution in [3.8, 4) is 27.7 Å². The van der Waals surface area contributed by atoms with Gasteiger partial charge < -0.3 is 28.8 Å². The summed E-state index contributed by atoms with van der Waals surface area (Å²) in [4.78, 5) is 5.90. The van der Waals surface area contributed by atoms with E-state index in [-0.39, 0.29) is 6.10 Å². The van der Waals surface area contributed by atoms with E-state index in [0.717, 1.165) is 99.3 Å². The maximum absolute atomic E-state index is 12.2. The van der Waals surface area contributed by atoms with Gasteiger partial charge >= 0.3 is 0 Å². The molecule has 0 aliphatic carbocycles. The third kappa shape index (κ3) is 7.37. The van der Waals surface area contributed by atoms with Gasteiger partial charge in [0.15, 0.2) is 6.29 Å². The largest absolute Gasteiger partial charge is 0.496 e. The Bertz CT molecular complexity index is 1690. The molecule has 4 heterocycles. The average molecular weight is 673 g/mol. The number of hydrogen-bond acceptors (Lipinski definition) is 9. The molecule has 0 bridgehead atoms. The number of aliphatic hydroxyl groups is 1. The summed E-state index contributed by atoms with van der Waals surface area (Å²) in [5.74, 6) is 2.40. The first-order valence-corrected chi connectivity index (χ1v) is 18.3. The molecule has 256 valence electrons. The van der Waals surface area contributed by atoms with Gasteiger partial charge in [-0.3, -0.25) is 9.80 Å². The molecule has 4 aromatic rings. The summed E-state index contributed by atoms with van der Waals surface area (Å²) in [5, 5.41) is 13.2. The van der Waals surface area contributed by atoms with E-state index in [9.17, 15) is 5.11 Å². The SMILES string of the molecule is COc1cc(C(O)c2c(-c3ccc(OCCN4CCCC4)c(C4OCCO4)c3)sc3cc(OC(C)C)ccc23)ccc1CN1CCCC1. The second kappa shape index (κ2) is 15.2. The molecule has 1 atom stereocenters. The molecule has 7 rings (SSSR count). The predicted octanol–water partition coefficient (Wildman–Crippen LogP) is 7.56. The summed E-state index contributed by atoms with van der Waals surface area (Å²) in [5.41, 5.74) is 4.66. The summed E-state index contributed by atoms with van der Waals surface area (Å²) in [7, 11) is 1.71. The van der Waals surface area contributed by atoms with Crippen molar-refractivity contribution >= 4 is 21.4 Å². The first-order chi connectivity index (χ1) is 23.5. The quantitative estimate of drug-likeness (QED) is 0.156. The molecule has 3 aliphatic heterocycles. The van der Waals surface area contributed by atoms with Gasteiger partial charge in [0, 0.05) is 33.8 Å². The minimum absolute atomic E-state index is 0.0606. The molecule has 48 heavy (non-hydrogen) atoms. The van der Waals surface area contributed by atoms with Crippen LogP contribution in [-0.2, 0) is 16.0 Å². The summed E-state index contributed by atoms with van der Waals surface area (Å²) in [6.45, 7) is 12.0. The van der Waals surface area contributed by atoms with E-state index >= 15 is 0 Å². The Morgan fingerprint density at radius 3 is 2.35 bits per heavy atom. The highest BCUT2D eigenvalue weighted by molar-refractivity contribution is 7.22. The summed E-state index contributed by atoms with van der Waals surface area (Å²) >= 11 is 1.66. The van der Waals surface area contributed by atoms with Gasteiger partial charge in [-0.2, -0.15) is 0 Å². The highest BCUT2D eigenvalue weighted by Crippen LogP contribution is 2.47. The molecule has 1 N–H and O–H groups in total. The van der Waals surface area contributed by atoms with Crippen molar-refractivity contribution in [2.75, 3.05) is 59.7 Å². The van der Waals surface area contributed by atoms with E-state index in [0.29, 0.717) is 19.8 Å². The van der Waals surface area contributed by atoms with Crippen molar-refractivity contribution in [2.24, 2.45) is 0 Å². The van der Waals surface area contributed by atoms with E-state index in [1.165, 1.54) is 25.7 Å². The van der Waals surface area contributed by atoms with Crippen LogP contribution in [0.4, 0.5) is 0 Å². The fourth-order valence-electron chi connectivity index (χ4n) is 7.17. The van der Waals surface area contributed by atoms with Crippen LogP contribution in [0.15, 0.2) is 54.6 Å². The Hall–Kier alpha value is -3.18. The summed E-state index contributed by atoms with van der Waals surface area (Å²) in [6, 6.07) is 18.6. The Morgan fingerprint density at radius 2 is 1.62 bits per heavy atom. The normalized spacial score (nSPS) is 18.4. The van der Waals surface area contributed by atoms with E-state index in [1.54, 1.807) is 18.4 Å². The van der Waals surface area contributed by atoms with E-state index in [4.69, 9.17) is 23.7 Å². The zero-order valence-electron chi connectivity index (χ0n) is 28.4. The number of hydrogen-bond donors (Lipinski definition) is 1. The fraction of sp³-hybridized carbons (Fsp3) is 0.487. The van der Waals surface area contributed by atoms with Crippen LogP contribution >= 0.6 is 11.3 Å². The van der Waals surface area contributed by atoms with E-state index in [1.807, 2.05) is 38.1 Å². The molecule has 8 nitrogen and oxygen atoms in total. The number of thiophene rings is 1. The van der Waals surface area contributed by atoms with Gasteiger partial charge in [0.25, 0.3) is 0 Å². The molecule has 0 radical (unpaired) electrons. The molecule has 3 fully saturated rings. The number of aliphatic hydroxyl groups excluding tert-OH is 1. The number of rotatable bonds is 13. The molecule has 0 amide bonds. The standard InChI is InChI=1S/C39H48N2O6S/c1-26(2)47-30-11-12-31-35(24-30)48-38(36(31)37(42)27-8-9-29(34(23-27)43-3)25-41-16-6-7-17-41)28-10-13-33(32(22-28)39-45-20-21-46-39)44-19-18-40-14-4-5-15-40/h8-13,22-24,26,37,39,42H,4-7,14-21,25H2,1-3H3. The molecule has 9 heteroatoms. The smallest absolute Gasteiger partial charge is 0.187 e. The van der Waals surface area contributed by atoms with Crippen LogP contribution in [0.25, 0.3) is 20.5 Å². The van der Waals surface area contributed by atoms with Crippen LogP contribution in [0.5, 0.6) is 17.2 Å². The molecule has 0 saturated carbocycles. The van der Waals surface area contributed by atoms with Gasteiger partial charge in [-0.05, 0) is 125 Å². The molecule has 3 saturated heterocycles. The first-order valence-electron chi connectivity index (χ1n) is 17.5. The third-order valence-corrected chi connectivity index (χ3v) is 10.8. The molecule has 1 unspecified atom stereocenters. The van der Waals surface area contributed by atoms with Crippen molar-refractivity contribution in [1.29, 1.82) is 0 Å². The lowest BCUT2D eigenvalue weighted by Crippen LogP contribution is -2.25. The van der Waals surface area contributed by atoms with Crippen LogP contribution in [0.3, 0.4) is 0 Å². The molecule has 1 aromatic heterocycles. The number of methoxy groups -OCH3 is 1. The lowest BCUT2D eigenvalue weighted by Gasteiger charge is -2.21. The highest BCUT2D eigenvalue weighted by atomic mass is 32.1. The zero-order valence-corrected chi connectivity index (χ0v) is 29.2. The maximum atomic E-state index is 12.2. The number of likely N-dealkylation sites (tertiary alicyclic amines) is 2. The van der Waals surface area contributed by atoms with Crippen LogP contribution in [0.1, 0.15) is 74.2 Å². The molecule has 3 aromatic carbocycles. The van der Waals surface area contributed by atoms with Gasteiger partial charge in [0.2, 0.25) is 0 Å². The van der Waals surface area contributed by atoms with Crippen LogP contribution < -0.4 is 14.2 Å². The number of fused-ring (bicyclic) bond motifs is 1. The summed E-state index contributed by atoms with van der Waals surface area (Å²) in [6.07, 6.45) is 3.69. The Kier molecular flexibility index (Phi) is 10.5. The van der Waals surface area contributed by atoms with Crippen LogP contribution in [0, 0.1) is 0 Å². The summed E-state index contributed by atoms with van der Waals surface area (Å²) < 4.78 is 31.4. The zero-order chi connectivity index (χ0) is 33.0. The van der Waals surface area contributed by atoms with E-state index in [2.05, 4.69) is 40.1 Å².